The highest BCUT2D eigenvalue weighted by molar-refractivity contribution is 9.10. The van der Waals surface area contributed by atoms with Gasteiger partial charge in [0, 0.05) is 22.9 Å². The first kappa shape index (κ1) is 14.2. The molecule has 1 heterocycles. The first-order valence-electron chi connectivity index (χ1n) is 6.78. The van der Waals surface area contributed by atoms with Crippen LogP contribution >= 0.6 is 27.3 Å². The van der Waals surface area contributed by atoms with Crippen molar-refractivity contribution >= 4 is 27.3 Å². The number of thiazole rings is 1. The van der Waals surface area contributed by atoms with Crippen LogP contribution in [-0.4, -0.2) is 18.6 Å². The van der Waals surface area contributed by atoms with E-state index in [0.29, 0.717) is 10.4 Å². The standard InChI is InChI=1S/C15H16BrFN2S/c1-18-8-10-3-2-4-13-14(10)19-15(20-13)9-5-6-12(17)11(16)7-9/h5-7,10,18H,2-4,8H2,1H3. The lowest BCUT2D eigenvalue weighted by molar-refractivity contribution is 0.523. The molecule has 3 rings (SSSR count). The number of aryl methyl sites for hydroxylation is 1. The number of benzene rings is 1. The SMILES string of the molecule is CNCC1CCCc2sc(-c3ccc(F)c(Br)c3)nc21. The molecule has 1 aromatic heterocycles. The minimum atomic E-state index is -0.233. The monoisotopic (exact) mass is 354 g/mol. The molecule has 0 aliphatic heterocycles. The highest BCUT2D eigenvalue weighted by Gasteiger charge is 2.24. The molecule has 2 aromatic rings. The van der Waals surface area contributed by atoms with Gasteiger partial charge in [-0.3, -0.25) is 0 Å². The van der Waals surface area contributed by atoms with Gasteiger partial charge in [-0.25, -0.2) is 9.37 Å². The zero-order valence-electron chi connectivity index (χ0n) is 11.2. The zero-order valence-corrected chi connectivity index (χ0v) is 13.7. The second-order valence-electron chi connectivity index (χ2n) is 5.10. The first-order valence-corrected chi connectivity index (χ1v) is 8.39. The molecule has 1 N–H and O–H groups in total. The third-order valence-corrected chi connectivity index (χ3v) is 5.48. The van der Waals surface area contributed by atoms with E-state index >= 15 is 0 Å². The van der Waals surface area contributed by atoms with E-state index in [2.05, 4.69) is 21.2 Å². The zero-order chi connectivity index (χ0) is 14.1. The minimum absolute atomic E-state index is 0.233. The molecule has 2 nitrogen and oxygen atoms in total. The normalized spacial score (nSPS) is 18.1. The highest BCUT2D eigenvalue weighted by Crippen LogP contribution is 2.38. The van der Waals surface area contributed by atoms with Gasteiger partial charge in [-0.15, -0.1) is 11.3 Å². The number of aromatic nitrogens is 1. The number of hydrogen-bond acceptors (Lipinski definition) is 3. The van der Waals surface area contributed by atoms with Crippen LogP contribution in [0.3, 0.4) is 0 Å². The molecule has 1 unspecified atom stereocenters. The summed E-state index contributed by atoms with van der Waals surface area (Å²) < 4.78 is 13.8. The Hall–Kier alpha value is -0.780. The number of rotatable bonds is 3. The Morgan fingerprint density at radius 1 is 1.50 bits per heavy atom. The van der Waals surface area contributed by atoms with Crippen molar-refractivity contribution in [3.8, 4) is 10.6 Å². The smallest absolute Gasteiger partial charge is 0.137 e. The van der Waals surface area contributed by atoms with Crippen molar-refractivity contribution in [1.29, 1.82) is 0 Å². The van der Waals surface area contributed by atoms with Crippen molar-refractivity contribution in [2.75, 3.05) is 13.6 Å². The maximum Gasteiger partial charge on any atom is 0.137 e. The Bertz CT molecular complexity index is 626. The van der Waals surface area contributed by atoms with E-state index in [0.717, 1.165) is 23.5 Å². The fourth-order valence-corrected chi connectivity index (χ4v) is 4.27. The van der Waals surface area contributed by atoms with Gasteiger partial charge in [0.1, 0.15) is 10.8 Å². The summed E-state index contributed by atoms with van der Waals surface area (Å²) in [5, 5.41) is 4.25. The predicted octanol–water partition coefficient (Wildman–Crippen LogP) is 4.35. The van der Waals surface area contributed by atoms with Gasteiger partial charge in [-0.2, -0.15) is 0 Å². The molecule has 0 fully saturated rings. The molecular weight excluding hydrogens is 339 g/mol. The maximum atomic E-state index is 13.3. The Balaban J connectivity index is 1.97. The summed E-state index contributed by atoms with van der Waals surface area (Å²) in [7, 11) is 1.98. The van der Waals surface area contributed by atoms with Crippen LogP contribution in [0.15, 0.2) is 22.7 Å². The predicted molar refractivity (Wildman–Crippen MR) is 84.8 cm³/mol. The first-order chi connectivity index (χ1) is 9.69. The summed E-state index contributed by atoms with van der Waals surface area (Å²) in [6, 6.07) is 5.11. The van der Waals surface area contributed by atoms with E-state index in [1.165, 1.54) is 29.5 Å². The molecule has 1 aromatic carbocycles. The summed E-state index contributed by atoms with van der Waals surface area (Å²) in [5.74, 6) is 0.278. The summed E-state index contributed by atoms with van der Waals surface area (Å²) in [5.41, 5.74) is 2.23. The summed E-state index contributed by atoms with van der Waals surface area (Å²) in [6.45, 7) is 0.975. The fraction of sp³-hybridized carbons (Fsp3) is 0.400. The van der Waals surface area contributed by atoms with E-state index in [9.17, 15) is 4.39 Å². The third-order valence-electron chi connectivity index (χ3n) is 3.69. The Labute approximate surface area is 130 Å². The van der Waals surface area contributed by atoms with Crippen LogP contribution in [0.5, 0.6) is 0 Å². The van der Waals surface area contributed by atoms with Gasteiger partial charge in [-0.05, 0) is 60.4 Å². The molecule has 1 atom stereocenters. The van der Waals surface area contributed by atoms with Gasteiger partial charge in [-0.1, -0.05) is 0 Å². The summed E-state index contributed by atoms with van der Waals surface area (Å²) in [4.78, 5) is 6.22. The van der Waals surface area contributed by atoms with Crippen LogP contribution in [0, 0.1) is 5.82 Å². The van der Waals surface area contributed by atoms with Crippen LogP contribution < -0.4 is 5.32 Å². The number of nitrogens with zero attached hydrogens (tertiary/aromatic N) is 1. The van der Waals surface area contributed by atoms with Gasteiger partial charge in [0.25, 0.3) is 0 Å². The second-order valence-corrected chi connectivity index (χ2v) is 7.04. The molecule has 0 spiro atoms. The van der Waals surface area contributed by atoms with Gasteiger partial charge < -0.3 is 5.32 Å². The Morgan fingerprint density at radius 2 is 2.35 bits per heavy atom. The lowest BCUT2D eigenvalue weighted by atomic mass is 9.91. The van der Waals surface area contributed by atoms with Crippen LogP contribution in [0.25, 0.3) is 10.6 Å². The summed E-state index contributed by atoms with van der Waals surface area (Å²) >= 11 is 4.99. The highest BCUT2D eigenvalue weighted by atomic mass is 79.9. The summed E-state index contributed by atoms with van der Waals surface area (Å²) in [6.07, 6.45) is 3.55. The maximum absolute atomic E-state index is 13.3. The topological polar surface area (TPSA) is 24.9 Å². The van der Waals surface area contributed by atoms with Crippen molar-refractivity contribution in [1.82, 2.24) is 10.3 Å². The van der Waals surface area contributed by atoms with Crippen molar-refractivity contribution < 1.29 is 4.39 Å². The van der Waals surface area contributed by atoms with Crippen LogP contribution in [0.1, 0.15) is 29.3 Å². The van der Waals surface area contributed by atoms with Gasteiger partial charge in [0.15, 0.2) is 0 Å². The van der Waals surface area contributed by atoms with Crippen molar-refractivity contribution in [2.24, 2.45) is 0 Å². The number of nitrogens with one attached hydrogen (secondary N) is 1. The third kappa shape index (κ3) is 2.67. The average molecular weight is 355 g/mol. The van der Waals surface area contributed by atoms with E-state index in [-0.39, 0.29) is 5.82 Å². The molecule has 0 bridgehead atoms. The molecule has 0 saturated heterocycles. The van der Waals surface area contributed by atoms with Gasteiger partial charge >= 0.3 is 0 Å². The molecule has 20 heavy (non-hydrogen) atoms. The Kier molecular flexibility index (Phi) is 4.19. The molecule has 1 aliphatic carbocycles. The van der Waals surface area contributed by atoms with Crippen LogP contribution in [0.4, 0.5) is 4.39 Å². The molecule has 5 heteroatoms. The largest absolute Gasteiger partial charge is 0.319 e. The number of halogens is 2. The molecule has 0 amide bonds. The van der Waals surface area contributed by atoms with Crippen molar-refractivity contribution in [3.05, 3.63) is 39.1 Å². The molecule has 0 radical (unpaired) electrons. The van der Waals surface area contributed by atoms with Crippen LogP contribution in [-0.2, 0) is 6.42 Å². The molecule has 106 valence electrons. The number of fused-ring (bicyclic) bond motifs is 1. The number of hydrogen-bond donors (Lipinski definition) is 1. The van der Waals surface area contributed by atoms with Crippen molar-refractivity contribution in [2.45, 2.75) is 25.2 Å². The van der Waals surface area contributed by atoms with E-state index in [1.807, 2.05) is 13.1 Å². The molecule has 0 saturated carbocycles. The quantitative estimate of drug-likeness (QED) is 0.885. The van der Waals surface area contributed by atoms with E-state index < -0.39 is 0 Å². The number of likely N-dealkylation sites (N-methyl/N-ethyl adjacent to an activating group) is 1. The molecule has 1 aliphatic rings. The second kappa shape index (κ2) is 5.92. The van der Waals surface area contributed by atoms with Gasteiger partial charge in [0.05, 0.1) is 10.2 Å². The average Bonchev–Trinajstić information content (AvgIpc) is 2.87. The van der Waals surface area contributed by atoms with Crippen molar-refractivity contribution in [3.63, 3.8) is 0 Å². The van der Waals surface area contributed by atoms with E-state index in [1.54, 1.807) is 17.4 Å². The lowest BCUT2D eigenvalue weighted by Crippen LogP contribution is -2.20. The minimum Gasteiger partial charge on any atom is -0.319 e. The lowest BCUT2D eigenvalue weighted by Gasteiger charge is -2.20. The molecular formula is C15H16BrFN2S. The van der Waals surface area contributed by atoms with Gasteiger partial charge in [0.2, 0.25) is 0 Å². The fourth-order valence-electron chi connectivity index (χ4n) is 2.71. The van der Waals surface area contributed by atoms with Crippen LogP contribution in [0.2, 0.25) is 0 Å². The Morgan fingerprint density at radius 3 is 3.10 bits per heavy atom. The van der Waals surface area contributed by atoms with E-state index in [4.69, 9.17) is 4.98 Å².